The van der Waals surface area contributed by atoms with Gasteiger partial charge in [0.1, 0.15) is 6.61 Å². The summed E-state index contributed by atoms with van der Waals surface area (Å²) in [5.74, 6) is 1.09. The van der Waals surface area contributed by atoms with Gasteiger partial charge in [-0.3, -0.25) is 9.69 Å². The van der Waals surface area contributed by atoms with Crippen LogP contribution in [0.15, 0.2) is 94.3 Å². The van der Waals surface area contributed by atoms with Gasteiger partial charge < -0.3 is 9.47 Å². The smallest absolute Gasteiger partial charge is 0.270 e. The number of ether oxygens (including phenoxy) is 2. The van der Waals surface area contributed by atoms with Crippen molar-refractivity contribution in [3.8, 4) is 11.5 Å². The quantitative estimate of drug-likeness (QED) is 0.179. The second kappa shape index (κ2) is 10.2. The molecule has 1 fully saturated rings. The molecule has 0 atom stereocenters. The Labute approximate surface area is 221 Å². The molecule has 0 radical (unpaired) electrons. The third-order valence-corrected chi connectivity index (χ3v) is 7.40. The molecule has 1 saturated heterocycles. The first-order chi connectivity index (χ1) is 17.0. The van der Waals surface area contributed by atoms with Crippen molar-refractivity contribution in [2.45, 2.75) is 6.61 Å². The fraction of sp³-hybridized carbons (Fsp3) is 0.0714. The molecule has 1 aliphatic heterocycles. The number of halogens is 1. The maximum absolute atomic E-state index is 13.1. The monoisotopic (exact) mass is 561 g/mol. The largest absolute Gasteiger partial charge is 0.493 e. The Morgan fingerprint density at radius 3 is 2.60 bits per heavy atom. The standard InChI is InChI=1S/C28H20BrNO3S2/c1-32-25-14-18(15-26-27(31)30(28(34)35-26)22-10-5-9-21(29)16-22)12-13-24(25)33-17-20-8-4-7-19-6-2-3-11-23(19)20/h2-16H,17H2,1H3. The normalized spacial score (nSPS) is 14.7. The van der Waals surface area contributed by atoms with Crippen molar-refractivity contribution in [2.24, 2.45) is 0 Å². The Hall–Kier alpha value is -3.13. The van der Waals surface area contributed by atoms with Gasteiger partial charge in [-0.1, -0.05) is 94.5 Å². The van der Waals surface area contributed by atoms with E-state index in [9.17, 15) is 4.79 Å². The van der Waals surface area contributed by atoms with Gasteiger partial charge in [0.25, 0.3) is 5.91 Å². The van der Waals surface area contributed by atoms with Crippen molar-refractivity contribution in [3.63, 3.8) is 0 Å². The third kappa shape index (κ3) is 4.98. The van der Waals surface area contributed by atoms with Gasteiger partial charge in [0.15, 0.2) is 15.8 Å². The molecule has 4 nitrogen and oxygen atoms in total. The van der Waals surface area contributed by atoms with E-state index in [1.807, 2.05) is 66.7 Å². The Morgan fingerprint density at radius 1 is 0.971 bits per heavy atom. The number of carbonyl (C=O) groups excluding carboxylic acids is 1. The summed E-state index contributed by atoms with van der Waals surface area (Å²) in [4.78, 5) is 15.2. The van der Waals surface area contributed by atoms with Crippen molar-refractivity contribution in [1.29, 1.82) is 0 Å². The van der Waals surface area contributed by atoms with Crippen LogP contribution in [0.25, 0.3) is 16.8 Å². The topological polar surface area (TPSA) is 38.8 Å². The van der Waals surface area contributed by atoms with Crippen LogP contribution in [0, 0.1) is 0 Å². The molecule has 35 heavy (non-hydrogen) atoms. The SMILES string of the molecule is COc1cc(C=C2SC(=S)N(c3cccc(Br)c3)C2=O)ccc1OCc1cccc2ccccc12. The van der Waals surface area contributed by atoms with Crippen LogP contribution in [0.5, 0.6) is 11.5 Å². The van der Waals surface area contributed by atoms with E-state index in [-0.39, 0.29) is 5.91 Å². The van der Waals surface area contributed by atoms with Crippen LogP contribution >= 0.6 is 39.9 Å². The van der Waals surface area contributed by atoms with Crippen LogP contribution in [0.2, 0.25) is 0 Å². The molecule has 1 aliphatic rings. The number of anilines is 1. The summed E-state index contributed by atoms with van der Waals surface area (Å²) in [6.07, 6.45) is 1.83. The zero-order valence-corrected chi connectivity index (χ0v) is 22.0. The molecular formula is C28H20BrNO3S2. The van der Waals surface area contributed by atoms with Crippen LogP contribution in [-0.4, -0.2) is 17.3 Å². The molecule has 5 rings (SSSR count). The number of thiocarbonyl (C=S) groups is 1. The van der Waals surface area contributed by atoms with E-state index in [1.54, 1.807) is 12.0 Å². The summed E-state index contributed by atoms with van der Waals surface area (Å²) in [5.41, 5.74) is 2.67. The maximum atomic E-state index is 13.1. The first kappa shape index (κ1) is 23.6. The lowest BCUT2D eigenvalue weighted by molar-refractivity contribution is -0.113. The van der Waals surface area contributed by atoms with Crippen LogP contribution in [0.4, 0.5) is 5.69 Å². The van der Waals surface area contributed by atoms with Crippen LogP contribution in [0.3, 0.4) is 0 Å². The van der Waals surface area contributed by atoms with Gasteiger partial charge in [-0.2, -0.15) is 0 Å². The average molecular weight is 563 g/mol. The van der Waals surface area contributed by atoms with Crippen LogP contribution in [-0.2, 0) is 11.4 Å². The lowest BCUT2D eigenvalue weighted by atomic mass is 10.1. The Morgan fingerprint density at radius 2 is 1.77 bits per heavy atom. The van der Waals surface area contributed by atoms with Crippen LogP contribution < -0.4 is 14.4 Å². The highest BCUT2D eigenvalue weighted by Crippen LogP contribution is 2.38. The van der Waals surface area contributed by atoms with Crippen molar-refractivity contribution < 1.29 is 14.3 Å². The number of hydrogen-bond acceptors (Lipinski definition) is 5. The molecular weight excluding hydrogens is 542 g/mol. The second-order valence-electron chi connectivity index (χ2n) is 7.83. The Bertz CT molecular complexity index is 1480. The second-order valence-corrected chi connectivity index (χ2v) is 10.4. The zero-order chi connectivity index (χ0) is 24.4. The van der Waals surface area contributed by atoms with Gasteiger partial charge in [0, 0.05) is 4.47 Å². The Kier molecular flexibility index (Phi) is 6.90. The average Bonchev–Trinajstić information content (AvgIpc) is 3.15. The molecule has 174 valence electrons. The molecule has 0 bridgehead atoms. The van der Waals surface area contributed by atoms with E-state index < -0.39 is 0 Å². The number of thioether (sulfide) groups is 1. The molecule has 1 heterocycles. The highest BCUT2D eigenvalue weighted by atomic mass is 79.9. The van der Waals surface area contributed by atoms with E-state index in [4.69, 9.17) is 21.7 Å². The first-order valence-corrected chi connectivity index (χ1v) is 12.9. The summed E-state index contributed by atoms with van der Waals surface area (Å²) >= 11 is 10.2. The number of nitrogens with zero attached hydrogens (tertiary/aromatic N) is 1. The van der Waals surface area contributed by atoms with E-state index in [1.165, 1.54) is 17.1 Å². The molecule has 0 aromatic heterocycles. The Balaban J connectivity index is 1.36. The number of hydrogen-bond donors (Lipinski definition) is 0. The van der Waals surface area contributed by atoms with Gasteiger partial charge in [-0.15, -0.1) is 0 Å². The molecule has 4 aromatic carbocycles. The number of amides is 1. The van der Waals surface area contributed by atoms with Gasteiger partial charge >= 0.3 is 0 Å². The molecule has 7 heteroatoms. The van der Waals surface area contributed by atoms with Crippen molar-refractivity contribution in [1.82, 2.24) is 0 Å². The minimum Gasteiger partial charge on any atom is -0.493 e. The van der Waals surface area contributed by atoms with Crippen molar-refractivity contribution in [2.75, 3.05) is 12.0 Å². The maximum Gasteiger partial charge on any atom is 0.270 e. The first-order valence-electron chi connectivity index (χ1n) is 10.8. The lowest BCUT2D eigenvalue weighted by Crippen LogP contribution is -2.27. The van der Waals surface area contributed by atoms with Crippen molar-refractivity contribution >= 4 is 72.7 Å². The highest BCUT2D eigenvalue weighted by Gasteiger charge is 2.33. The van der Waals surface area contributed by atoms with E-state index in [2.05, 4.69) is 40.2 Å². The minimum absolute atomic E-state index is 0.145. The molecule has 0 spiro atoms. The molecule has 4 aromatic rings. The summed E-state index contributed by atoms with van der Waals surface area (Å²) < 4.78 is 13.1. The predicted molar refractivity (Wildman–Crippen MR) is 151 cm³/mol. The van der Waals surface area contributed by atoms with Gasteiger partial charge in [0.2, 0.25) is 0 Å². The molecule has 1 amide bonds. The minimum atomic E-state index is -0.145. The van der Waals surface area contributed by atoms with Crippen LogP contribution in [0.1, 0.15) is 11.1 Å². The lowest BCUT2D eigenvalue weighted by Gasteiger charge is -2.14. The molecule has 0 unspecified atom stereocenters. The molecule has 0 N–H and O–H groups in total. The van der Waals surface area contributed by atoms with E-state index in [0.29, 0.717) is 27.3 Å². The number of rotatable bonds is 6. The highest BCUT2D eigenvalue weighted by molar-refractivity contribution is 9.10. The van der Waals surface area contributed by atoms with Gasteiger partial charge in [0.05, 0.1) is 17.7 Å². The number of benzene rings is 4. The van der Waals surface area contributed by atoms with E-state index in [0.717, 1.165) is 26.7 Å². The fourth-order valence-corrected chi connectivity index (χ4v) is 5.61. The zero-order valence-electron chi connectivity index (χ0n) is 18.7. The summed E-state index contributed by atoms with van der Waals surface area (Å²) in [6, 6.07) is 27.6. The van der Waals surface area contributed by atoms with Gasteiger partial charge in [-0.05, 0) is 58.3 Å². The fourth-order valence-electron chi connectivity index (χ4n) is 3.92. The summed E-state index contributed by atoms with van der Waals surface area (Å²) in [6.45, 7) is 0.419. The van der Waals surface area contributed by atoms with Gasteiger partial charge in [-0.25, -0.2) is 0 Å². The molecule has 0 aliphatic carbocycles. The molecule has 0 saturated carbocycles. The summed E-state index contributed by atoms with van der Waals surface area (Å²) in [5, 5.41) is 2.34. The number of fused-ring (bicyclic) bond motifs is 1. The van der Waals surface area contributed by atoms with E-state index >= 15 is 0 Å². The number of carbonyl (C=O) groups is 1. The predicted octanol–water partition coefficient (Wildman–Crippen LogP) is 7.60. The van der Waals surface area contributed by atoms with Crippen molar-refractivity contribution in [3.05, 3.63) is 105 Å². The summed E-state index contributed by atoms with van der Waals surface area (Å²) in [7, 11) is 1.61. The number of methoxy groups -OCH3 is 1. The third-order valence-electron chi connectivity index (χ3n) is 5.61.